The first kappa shape index (κ1) is 10.1. The summed E-state index contributed by atoms with van der Waals surface area (Å²) in [6.07, 6.45) is 0. The summed E-state index contributed by atoms with van der Waals surface area (Å²) in [7, 11) is 1.34. The van der Waals surface area contributed by atoms with E-state index in [1.807, 2.05) is 6.07 Å². The van der Waals surface area contributed by atoms with E-state index in [2.05, 4.69) is 10.1 Å². The van der Waals surface area contributed by atoms with Crippen molar-refractivity contribution in [3.63, 3.8) is 0 Å². The lowest BCUT2D eigenvalue weighted by Crippen LogP contribution is -2.14. The number of rotatable bonds is 3. The van der Waals surface area contributed by atoms with Gasteiger partial charge < -0.3 is 10.1 Å². The van der Waals surface area contributed by atoms with Gasteiger partial charge in [-0.05, 0) is 24.3 Å². The largest absolute Gasteiger partial charge is 0.468 e. The Morgan fingerprint density at radius 3 is 2.64 bits per heavy atom. The molecule has 0 radical (unpaired) electrons. The highest BCUT2D eigenvalue weighted by Crippen LogP contribution is 2.07. The van der Waals surface area contributed by atoms with Crippen LogP contribution in [0.25, 0.3) is 0 Å². The van der Waals surface area contributed by atoms with Gasteiger partial charge in [0, 0.05) is 5.69 Å². The summed E-state index contributed by atoms with van der Waals surface area (Å²) in [6.45, 7) is 0.127. The average molecular weight is 190 g/mol. The number of hydrogen-bond acceptors (Lipinski definition) is 4. The second-order valence-electron chi connectivity index (χ2n) is 2.62. The van der Waals surface area contributed by atoms with Gasteiger partial charge in [-0.25, -0.2) is 0 Å². The summed E-state index contributed by atoms with van der Waals surface area (Å²) in [5.41, 5.74) is 1.38. The molecule has 0 bridgehead atoms. The second kappa shape index (κ2) is 4.87. The van der Waals surface area contributed by atoms with Gasteiger partial charge in [0.2, 0.25) is 0 Å². The molecule has 0 aliphatic carbocycles. The molecule has 0 heterocycles. The van der Waals surface area contributed by atoms with Crippen molar-refractivity contribution in [3.05, 3.63) is 29.8 Å². The van der Waals surface area contributed by atoms with Crippen LogP contribution in [0.2, 0.25) is 0 Å². The van der Waals surface area contributed by atoms with Crippen LogP contribution in [0.4, 0.5) is 5.69 Å². The van der Waals surface area contributed by atoms with Crippen molar-refractivity contribution in [1.29, 1.82) is 5.26 Å². The third-order valence-electron chi connectivity index (χ3n) is 1.68. The summed E-state index contributed by atoms with van der Waals surface area (Å²) >= 11 is 0. The van der Waals surface area contributed by atoms with Crippen LogP contribution in [0, 0.1) is 11.3 Å². The third-order valence-corrected chi connectivity index (χ3v) is 1.68. The number of carbonyl (C=O) groups is 1. The van der Waals surface area contributed by atoms with Crippen LogP contribution in [0.3, 0.4) is 0 Å². The van der Waals surface area contributed by atoms with Gasteiger partial charge in [-0.15, -0.1) is 0 Å². The van der Waals surface area contributed by atoms with E-state index in [9.17, 15) is 4.79 Å². The molecule has 0 aliphatic rings. The smallest absolute Gasteiger partial charge is 0.325 e. The van der Waals surface area contributed by atoms with E-state index in [4.69, 9.17) is 5.26 Å². The zero-order valence-corrected chi connectivity index (χ0v) is 7.78. The van der Waals surface area contributed by atoms with Gasteiger partial charge in [0.15, 0.2) is 0 Å². The number of nitriles is 1. The summed E-state index contributed by atoms with van der Waals surface area (Å²) in [5, 5.41) is 11.4. The van der Waals surface area contributed by atoms with E-state index in [0.717, 1.165) is 5.69 Å². The number of hydrogen-bond donors (Lipinski definition) is 1. The van der Waals surface area contributed by atoms with Crippen LogP contribution in [0.1, 0.15) is 5.56 Å². The van der Waals surface area contributed by atoms with Crippen LogP contribution >= 0.6 is 0 Å². The van der Waals surface area contributed by atoms with Crippen molar-refractivity contribution in [2.45, 2.75) is 0 Å². The number of methoxy groups -OCH3 is 1. The molecule has 1 aromatic rings. The molecule has 72 valence electrons. The molecule has 1 aromatic carbocycles. The van der Waals surface area contributed by atoms with E-state index < -0.39 is 0 Å². The highest BCUT2D eigenvalue weighted by atomic mass is 16.5. The van der Waals surface area contributed by atoms with Crippen LogP contribution in [-0.2, 0) is 9.53 Å². The number of nitrogens with zero attached hydrogens (tertiary/aromatic N) is 1. The Hall–Kier alpha value is -2.02. The Balaban J connectivity index is 2.53. The average Bonchev–Trinajstić information content (AvgIpc) is 2.26. The van der Waals surface area contributed by atoms with E-state index in [-0.39, 0.29) is 12.5 Å². The number of nitrogens with one attached hydrogen (secondary N) is 1. The molecule has 0 unspecified atom stereocenters. The molecule has 0 atom stereocenters. The Morgan fingerprint density at radius 2 is 2.14 bits per heavy atom. The quantitative estimate of drug-likeness (QED) is 0.726. The molecule has 0 aromatic heterocycles. The van der Waals surface area contributed by atoms with Crippen molar-refractivity contribution in [2.75, 3.05) is 19.0 Å². The molecule has 0 aliphatic heterocycles. The molecule has 4 nitrogen and oxygen atoms in total. The maximum Gasteiger partial charge on any atom is 0.325 e. The SMILES string of the molecule is COC(=O)CNc1ccc(C#N)cc1. The lowest BCUT2D eigenvalue weighted by molar-refractivity contribution is -0.138. The fraction of sp³-hybridized carbons (Fsp3) is 0.200. The lowest BCUT2D eigenvalue weighted by atomic mass is 10.2. The normalized spacial score (nSPS) is 8.86. The highest BCUT2D eigenvalue weighted by molar-refractivity contribution is 5.74. The second-order valence-corrected chi connectivity index (χ2v) is 2.62. The number of esters is 1. The predicted octanol–water partition coefficient (Wildman–Crippen LogP) is 1.14. The van der Waals surface area contributed by atoms with Crippen LogP contribution in [0.15, 0.2) is 24.3 Å². The van der Waals surface area contributed by atoms with Crippen molar-refractivity contribution in [2.24, 2.45) is 0 Å². The van der Waals surface area contributed by atoms with Crippen LogP contribution in [-0.4, -0.2) is 19.6 Å². The predicted molar refractivity (Wildman–Crippen MR) is 51.7 cm³/mol. The molecule has 14 heavy (non-hydrogen) atoms. The maximum absolute atomic E-state index is 10.8. The molecule has 0 saturated carbocycles. The van der Waals surface area contributed by atoms with Gasteiger partial charge in [-0.1, -0.05) is 0 Å². The minimum atomic E-state index is -0.325. The first-order valence-corrected chi connectivity index (χ1v) is 4.07. The minimum Gasteiger partial charge on any atom is -0.468 e. The van der Waals surface area contributed by atoms with Crippen LogP contribution in [0.5, 0.6) is 0 Å². The van der Waals surface area contributed by atoms with Gasteiger partial charge in [-0.3, -0.25) is 4.79 Å². The fourth-order valence-corrected chi connectivity index (χ4v) is 0.909. The molecular weight excluding hydrogens is 180 g/mol. The van der Waals surface area contributed by atoms with Gasteiger partial charge in [0.05, 0.1) is 18.7 Å². The molecule has 1 N–H and O–H groups in total. The van der Waals surface area contributed by atoms with E-state index in [1.165, 1.54) is 7.11 Å². The molecule has 0 fully saturated rings. The first-order chi connectivity index (χ1) is 6.76. The summed E-state index contributed by atoms with van der Waals surface area (Å²) < 4.78 is 4.46. The number of anilines is 1. The van der Waals surface area contributed by atoms with Crippen molar-refractivity contribution >= 4 is 11.7 Å². The minimum absolute atomic E-state index is 0.127. The Morgan fingerprint density at radius 1 is 1.50 bits per heavy atom. The summed E-state index contributed by atoms with van der Waals surface area (Å²) in [4.78, 5) is 10.8. The van der Waals surface area contributed by atoms with Gasteiger partial charge in [0.25, 0.3) is 0 Å². The fourth-order valence-electron chi connectivity index (χ4n) is 0.909. The first-order valence-electron chi connectivity index (χ1n) is 4.07. The monoisotopic (exact) mass is 190 g/mol. The molecular formula is C10H10N2O2. The van der Waals surface area contributed by atoms with E-state index in [0.29, 0.717) is 5.56 Å². The lowest BCUT2D eigenvalue weighted by Gasteiger charge is -2.03. The zero-order chi connectivity index (χ0) is 10.4. The Labute approximate surface area is 82.1 Å². The third kappa shape index (κ3) is 2.79. The maximum atomic E-state index is 10.8. The highest BCUT2D eigenvalue weighted by Gasteiger charge is 1.98. The standard InChI is InChI=1S/C10H10N2O2/c1-14-10(13)7-12-9-4-2-8(6-11)3-5-9/h2-5,12H,7H2,1H3. The van der Waals surface area contributed by atoms with Crippen molar-refractivity contribution in [1.82, 2.24) is 0 Å². The molecule has 0 spiro atoms. The zero-order valence-electron chi connectivity index (χ0n) is 7.78. The van der Waals surface area contributed by atoms with E-state index >= 15 is 0 Å². The van der Waals surface area contributed by atoms with E-state index in [1.54, 1.807) is 24.3 Å². The van der Waals surface area contributed by atoms with Crippen LogP contribution < -0.4 is 5.32 Å². The van der Waals surface area contributed by atoms with Crippen molar-refractivity contribution in [3.8, 4) is 6.07 Å². The Bertz CT molecular complexity index is 351. The van der Waals surface area contributed by atoms with Gasteiger partial charge >= 0.3 is 5.97 Å². The topological polar surface area (TPSA) is 62.1 Å². The molecule has 0 amide bonds. The molecule has 1 rings (SSSR count). The molecule has 4 heteroatoms. The summed E-state index contributed by atoms with van der Waals surface area (Å²) in [5.74, 6) is -0.325. The van der Waals surface area contributed by atoms with Crippen molar-refractivity contribution < 1.29 is 9.53 Å². The Kier molecular flexibility index (Phi) is 3.50. The summed E-state index contributed by atoms with van der Waals surface area (Å²) in [6, 6.07) is 8.85. The number of benzene rings is 1. The molecule has 0 saturated heterocycles. The van der Waals surface area contributed by atoms with Gasteiger partial charge in [-0.2, -0.15) is 5.26 Å². The number of carbonyl (C=O) groups excluding carboxylic acids is 1. The van der Waals surface area contributed by atoms with Gasteiger partial charge in [0.1, 0.15) is 6.54 Å². The number of ether oxygens (including phenoxy) is 1.